The van der Waals surface area contributed by atoms with Gasteiger partial charge in [0, 0.05) is 23.5 Å². The number of anilines is 1. The lowest BCUT2D eigenvalue weighted by Gasteiger charge is -2.15. The predicted octanol–water partition coefficient (Wildman–Crippen LogP) is 2.80. The van der Waals surface area contributed by atoms with Crippen LogP contribution in [0.1, 0.15) is 6.42 Å². The van der Waals surface area contributed by atoms with Gasteiger partial charge in [0.15, 0.2) is 0 Å². The Morgan fingerprint density at radius 3 is 3.12 bits per heavy atom. The van der Waals surface area contributed by atoms with E-state index in [1.165, 1.54) is 0 Å². The van der Waals surface area contributed by atoms with Crippen LogP contribution in [0, 0.1) is 0 Å². The van der Waals surface area contributed by atoms with Crippen molar-refractivity contribution in [3.05, 3.63) is 23.7 Å². The molecule has 2 aromatic rings. The average Bonchev–Trinajstić information content (AvgIpc) is 2.83. The van der Waals surface area contributed by atoms with E-state index in [4.69, 9.17) is 0 Å². The van der Waals surface area contributed by atoms with Gasteiger partial charge in [-0.15, -0.1) is 11.3 Å². The first kappa shape index (κ1) is 10.2. The van der Waals surface area contributed by atoms with Crippen LogP contribution < -0.4 is 4.90 Å². The van der Waals surface area contributed by atoms with E-state index < -0.39 is 0 Å². The molecule has 3 nitrogen and oxygen atoms in total. The predicted molar refractivity (Wildman–Crippen MR) is 69.3 cm³/mol. The van der Waals surface area contributed by atoms with Gasteiger partial charge in [0.05, 0.1) is 15.7 Å². The molecule has 0 radical (unpaired) electrons. The minimum absolute atomic E-state index is 0.177. The van der Waals surface area contributed by atoms with Gasteiger partial charge in [0.25, 0.3) is 0 Å². The summed E-state index contributed by atoms with van der Waals surface area (Å²) in [6, 6.07) is 6.00. The Bertz CT molecular complexity index is 554. The van der Waals surface area contributed by atoms with Crippen molar-refractivity contribution in [3.63, 3.8) is 0 Å². The van der Waals surface area contributed by atoms with Crippen molar-refractivity contribution in [1.82, 2.24) is 4.98 Å². The topological polar surface area (TPSA) is 33.2 Å². The van der Waals surface area contributed by atoms with Crippen LogP contribution in [0.4, 0.5) is 5.69 Å². The van der Waals surface area contributed by atoms with Gasteiger partial charge in [-0.1, -0.05) is 15.9 Å². The third-order valence-corrected chi connectivity index (χ3v) is 4.13. The number of hydrogen-bond acceptors (Lipinski definition) is 3. The van der Waals surface area contributed by atoms with Gasteiger partial charge in [-0.2, -0.15) is 0 Å². The molecule has 82 valence electrons. The highest BCUT2D eigenvalue weighted by Gasteiger charge is 2.28. The van der Waals surface area contributed by atoms with E-state index in [-0.39, 0.29) is 10.7 Å². The first-order valence-corrected chi connectivity index (χ1v) is 6.81. The molecule has 16 heavy (non-hydrogen) atoms. The molecule has 1 fully saturated rings. The summed E-state index contributed by atoms with van der Waals surface area (Å²) >= 11 is 5.10. The van der Waals surface area contributed by atoms with E-state index in [1.54, 1.807) is 11.3 Å². The summed E-state index contributed by atoms with van der Waals surface area (Å²) < 4.78 is 1.16. The molecule has 3 rings (SSSR count). The van der Waals surface area contributed by atoms with E-state index in [9.17, 15) is 4.79 Å². The molecular weight excluding hydrogens is 288 g/mol. The monoisotopic (exact) mass is 296 g/mol. The smallest absolute Gasteiger partial charge is 0.228 e. The standard InChI is InChI=1S/C11H9BrN2OS/c12-7-3-11(15)14(5-7)8-1-2-10-9(4-8)13-6-16-10/h1-2,4,6-7H,3,5H2. The van der Waals surface area contributed by atoms with E-state index in [1.807, 2.05) is 28.6 Å². The summed E-state index contributed by atoms with van der Waals surface area (Å²) in [6.45, 7) is 0.745. The molecule has 1 aliphatic rings. The molecule has 1 aromatic carbocycles. The lowest BCUT2D eigenvalue weighted by Crippen LogP contribution is -2.24. The molecule has 0 spiro atoms. The third-order valence-electron chi connectivity index (χ3n) is 2.70. The lowest BCUT2D eigenvalue weighted by atomic mass is 10.3. The first-order valence-electron chi connectivity index (χ1n) is 5.02. The van der Waals surface area contributed by atoms with Gasteiger partial charge in [0.1, 0.15) is 0 Å². The third kappa shape index (κ3) is 1.64. The maximum Gasteiger partial charge on any atom is 0.228 e. The van der Waals surface area contributed by atoms with Crippen LogP contribution in [-0.4, -0.2) is 22.3 Å². The summed E-state index contributed by atoms with van der Waals surface area (Å²) in [6.07, 6.45) is 0.578. The summed E-state index contributed by atoms with van der Waals surface area (Å²) in [5, 5.41) is 0. The molecule has 0 N–H and O–H groups in total. The number of carbonyl (C=O) groups excluding carboxylic acids is 1. The summed E-state index contributed by atoms with van der Waals surface area (Å²) in [5.74, 6) is 0.177. The summed E-state index contributed by atoms with van der Waals surface area (Å²) in [5.41, 5.74) is 3.74. The Kier molecular flexibility index (Phi) is 2.44. The van der Waals surface area contributed by atoms with Crippen LogP contribution in [0.15, 0.2) is 23.7 Å². The second-order valence-electron chi connectivity index (χ2n) is 3.81. The van der Waals surface area contributed by atoms with E-state index in [2.05, 4.69) is 20.9 Å². The first-order chi connectivity index (χ1) is 7.74. The van der Waals surface area contributed by atoms with Gasteiger partial charge in [0.2, 0.25) is 5.91 Å². The minimum Gasteiger partial charge on any atom is -0.311 e. The lowest BCUT2D eigenvalue weighted by molar-refractivity contribution is -0.117. The number of aromatic nitrogens is 1. The molecule has 0 bridgehead atoms. The van der Waals surface area contributed by atoms with Gasteiger partial charge < -0.3 is 4.90 Å². The summed E-state index contributed by atoms with van der Waals surface area (Å²) in [4.78, 5) is 18.1. The molecule has 1 aliphatic heterocycles. The maximum atomic E-state index is 11.7. The number of nitrogens with zero attached hydrogens (tertiary/aromatic N) is 2. The average molecular weight is 297 g/mol. The number of hydrogen-bond donors (Lipinski definition) is 0. The molecule has 1 amide bonds. The molecular formula is C11H9BrN2OS. The van der Waals surface area contributed by atoms with Crippen molar-refractivity contribution in [2.24, 2.45) is 0 Å². The van der Waals surface area contributed by atoms with Crippen molar-refractivity contribution >= 4 is 49.1 Å². The molecule has 0 saturated carbocycles. The molecule has 0 aliphatic carbocycles. The second kappa shape index (κ2) is 3.82. The van der Waals surface area contributed by atoms with E-state index in [0.717, 1.165) is 22.4 Å². The normalized spacial score (nSPS) is 20.9. The van der Waals surface area contributed by atoms with E-state index >= 15 is 0 Å². The van der Waals surface area contributed by atoms with Crippen molar-refractivity contribution < 1.29 is 4.79 Å². The van der Waals surface area contributed by atoms with Crippen LogP contribution in [0.3, 0.4) is 0 Å². The van der Waals surface area contributed by atoms with Crippen LogP contribution in [0.2, 0.25) is 0 Å². The zero-order chi connectivity index (χ0) is 11.1. The Balaban J connectivity index is 2.02. The number of carbonyl (C=O) groups is 1. The van der Waals surface area contributed by atoms with Crippen molar-refractivity contribution in [1.29, 1.82) is 0 Å². The molecule has 1 atom stereocenters. The Morgan fingerprint density at radius 2 is 2.38 bits per heavy atom. The molecule has 5 heteroatoms. The highest BCUT2D eigenvalue weighted by Crippen LogP contribution is 2.28. The van der Waals surface area contributed by atoms with Gasteiger partial charge in [-0.25, -0.2) is 4.98 Å². The van der Waals surface area contributed by atoms with Crippen molar-refractivity contribution in [2.75, 3.05) is 11.4 Å². The molecule has 2 heterocycles. The molecule has 1 aromatic heterocycles. The number of halogens is 1. The Hall–Kier alpha value is -0.940. The Morgan fingerprint density at radius 1 is 1.50 bits per heavy atom. The SMILES string of the molecule is O=C1CC(Br)CN1c1ccc2scnc2c1. The fourth-order valence-corrected chi connectivity index (χ4v) is 3.15. The van der Waals surface area contributed by atoms with Gasteiger partial charge in [-0.05, 0) is 18.2 Å². The number of amides is 1. The van der Waals surface area contributed by atoms with Crippen molar-refractivity contribution in [3.8, 4) is 0 Å². The fourth-order valence-electron chi connectivity index (χ4n) is 1.93. The number of fused-ring (bicyclic) bond motifs is 1. The minimum atomic E-state index is 0.177. The number of thiazole rings is 1. The van der Waals surface area contributed by atoms with Crippen molar-refractivity contribution in [2.45, 2.75) is 11.2 Å². The largest absolute Gasteiger partial charge is 0.311 e. The maximum absolute atomic E-state index is 11.7. The number of alkyl halides is 1. The summed E-state index contributed by atoms with van der Waals surface area (Å²) in [7, 11) is 0. The Labute approximate surface area is 105 Å². The van der Waals surface area contributed by atoms with Crippen LogP contribution in [0.25, 0.3) is 10.2 Å². The number of benzene rings is 1. The van der Waals surface area contributed by atoms with Crippen LogP contribution in [0.5, 0.6) is 0 Å². The quantitative estimate of drug-likeness (QED) is 0.758. The zero-order valence-electron chi connectivity index (χ0n) is 8.39. The fraction of sp³-hybridized carbons (Fsp3) is 0.273. The highest BCUT2D eigenvalue weighted by atomic mass is 79.9. The molecule has 1 unspecified atom stereocenters. The second-order valence-corrected chi connectivity index (χ2v) is 5.99. The van der Waals surface area contributed by atoms with Gasteiger partial charge >= 0.3 is 0 Å². The van der Waals surface area contributed by atoms with Gasteiger partial charge in [-0.3, -0.25) is 4.79 Å². The van der Waals surface area contributed by atoms with Crippen LogP contribution in [-0.2, 0) is 4.79 Å². The van der Waals surface area contributed by atoms with Crippen LogP contribution >= 0.6 is 27.3 Å². The molecule has 1 saturated heterocycles. The highest BCUT2D eigenvalue weighted by molar-refractivity contribution is 9.09. The number of rotatable bonds is 1. The van der Waals surface area contributed by atoms with E-state index in [0.29, 0.717) is 6.42 Å². The zero-order valence-corrected chi connectivity index (χ0v) is 10.8.